The molecule has 0 amide bonds. The van der Waals surface area contributed by atoms with Gasteiger partial charge in [-0.25, -0.2) is 0 Å². The second-order valence-electron chi connectivity index (χ2n) is 2.68. The van der Waals surface area contributed by atoms with Crippen LogP contribution in [0.3, 0.4) is 0 Å². The minimum Gasteiger partial charge on any atom is -0.166 e. The highest BCUT2D eigenvalue weighted by atomic mass is 19.4. The Balaban J connectivity index is 3.16. The van der Waals surface area contributed by atoms with Gasteiger partial charge in [0.25, 0.3) is 0 Å². The third kappa shape index (κ3) is 2.49. The summed E-state index contributed by atoms with van der Waals surface area (Å²) in [6.07, 6.45) is -0.00431. The van der Waals surface area contributed by atoms with Crippen molar-refractivity contribution < 1.29 is 13.2 Å². The Morgan fingerprint density at radius 1 is 1.14 bits per heavy atom. The largest absolute Gasteiger partial charge is 0.416 e. The summed E-state index contributed by atoms with van der Waals surface area (Å²) in [5.74, 6) is 0. The van der Waals surface area contributed by atoms with Crippen molar-refractivity contribution in [1.82, 2.24) is 0 Å². The van der Waals surface area contributed by atoms with Gasteiger partial charge in [-0.15, -0.1) is 0 Å². The van der Waals surface area contributed by atoms with E-state index >= 15 is 0 Å². The molecule has 0 saturated heterocycles. The standard InChI is InChI=1S/C11H9F3/c1-2-3-6-9-7-4-5-8-10(9)11(12,13)14/h2-8H,1H2/b6-3+. The Bertz CT molecular complexity index is 348. The van der Waals surface area contributed by atoms with Gasteiger partial charge in [-0.3, -0.25) is 0 Å². The Morgan fingerprint density at radius 2 is 1.79 bits per heavy atom. The predicted octanol–water partition coefficient (Wildman–Crippen LogP) is 3.90. The summed E-state index contributed by atoms with van der Waals surface area (Å²) >= 11 is 0. The molecule has 0 nitrogen and oxygen atoms in total. The molecule has 1 rings (SSSR count). The first-order valence-electron chi connectivity index (χ1n) is 4.01. The number of alkyl halides is 3. The number of rotatable bonds is 2. The van der Waals surface area contributed by atoms with E-state index < -0.39 is 11.7 Å². The molecular weight excluding hydrogens is 189 g/mol. The Hall–Kier alpha value is -1.51. The zero-order valence-corrected chi connectivity index (χ0v) is 7.38. The molecule has 1 aromatic carbocycles. The van der Waals surface area contributed by atoms with Gasteiger partial charge >= 0.3 is 6.18 Å². The van der Waals surface area contributed by atoms with Crippen LogP contribution in [0.1, 0.15) is 11.1 Å². The van der Waals surface area contributed by atoms with Gasteiger partial charge < -0.3 is 0 Å². The molecule has 0 saturated carbocycles. The number of halogens is 3. The molecular formula is C11H9F3. The van der Waals surface area contributed by atoms with Crippen molar-refractivity contribution in [1.29, 1.82) is 0 Å². The number of allylic oxidation sites excluding steroid dienone is 2. The van der Waals surface area contributed by atoms with Crippen molar-refractivity contribution in [2.75, 3.05) is 0 Å². The summed E-state index contributed by atoms with van der Waals surface area (Å²) in [6.45, 7) is 3.40. The average Bonchev–Trinajstić information content (AvgIpc) is 2.14. The fourth-order valence-corrected chi connectivity index (χ4v) is 1.07. The first kappa shape index (κ1) is 10.6. The predicted molar refractivity (Wildman–Crippen MR) is 50.7 cm³/mol. The van der Waals surface area contributed by atoms with Gasteiger partial charge in [-0.05, 0) is 11.6 Å². The monoisotopic (exact) mass is 198 g/mol. The van der Waals surface area contributed by atoms with E-state index in [2.05, 4.69) is 6.58 Å². The zero-order valence-electron chi connectivity index (χ0n) is 7.38. The van der Waals surface area contributed by atoms with E-state index in [0.29, 0.717) is 0 Å². The van der Waals surface area contributed by atoms with Crippen LogP contribution >= 0.6 is 0 Å². The SMILES string of the molecule is C=C/C=C/c1ccccc1C(F)(F)F. The summed E-state index contributed by atoms with van der Waals surface area (Å²) in [6, 6.07) is 5.41. The number of benzene rings is 1. The average molecular weight is 198 g/mol. The molecule has 0 bridgehead atoms. The maximum atomic E-state index is 12.4. The second-order valence-corrected chi connectivity index (χ2v) is 2.68. The van der Waals surface area contributed by atoms with Crippen LogP contribution in [-0.4, -0.2) is 0 Å². The smallest absolute Gasteiger partial charge is 0.166 e. The zero-order chi connectivity index (χ0) is 10.6. The van der Waals surface area contributed by atoms with E-state index in [1.54, 1.807) is 6.07 Å². The molecule has 0 unspecified atom stereocenters. The lowest BCUT2D eigenvalue weighted by Gasteiger charge is -2.09. The van der Waals surface area contributed by atoms with Gasteiger partial charge in [0, 0.05) is 0 Å². The molecule has 0 aliphatic heterocycles. The van der Waals surface area contributed by atoms with E-state index in [-0.39, 0.29) is 5.56 Å². The van der Waals surface area contributed by atoms with Crippen LogP contribution in [0.25, 0.3) is 6.08 Å². The normalized spacial score (nSPS) is 11.9. The summed E-state index contributed by atoms with van der Waals surface area (Å²) in [5.41, 5.74) is -0.474. The lowest BCUT2D eigenvalue weighted by molar-refractivity contribution is -0.137. The minimum atomic E-state index is -4.30. The molecule has 0 atom stereocenters. The molecule has 14 heavy (non-hydrogen) atoms. The molecule has 0 heterocycles. The number of hydrogen-bond acceptors (Lipinski definition) is 0. The van der Waals surface area contributed by atoms with Crippen LogP contribution in [-0.2, 0) is 6.18 Å². The van der Waals surface area contributed by atoms with Gasteiger partial charge in [0.15, 0.2) is 0 Å². The topological polar surface area (TPSA) is 0 Å². The van der Waals surface area contributed by atoms with Crippen molar-refractivity contribution in [2.24, 2.45) is 0 Å². The Kier molecular flexibility index (Phi) is 3.12. The minimum absolute atomic E-state index is 0.153. The molecule has 0 aliphatic rings. The lowest BCUT2D eigenvalue weighted by atomic mass is 10.1. The quantitative estimate of drug-likeness (QED) is 0.632. The van der Waals surface area contributed by atoms with Gasteiger partial charge in [0.05, 0.1) is 5.56 Å². The summed E-state index contributed by atoms with van der Waals surface area (Å²) in [7, 11) is 0. The van der Waals surface area contributed by atoms with Crippen LogP contribution in [0.2, 0.25) is 0 Å². The molecule has 0 spiro atoms. The van der Waals surface area contributed by atoms with Crippen LogP contribution in [0.4, 0.5) is 13.2 Å². The maximum Gasteiger partial charge on any atom is 0.416 e. The Labute approximate surface area is 80.4 Å². The Morgan fingerprint density at radius 3 is 2.36 bits per heavy atom. The first-order chi connectivity index (χ1) is 6.55. The van der Waals surface area contributed by atoms with E-state index in [1.165, 1.54) is 30.4 Å². The van der Waals surface area contributed by atoms with Gasteiger partial charge in [0.1, 0.15) is 0 Å². The van der Waals surface area contributed by atoms with Crippen molar-refractivity contribution in [3.63, 3.8) is 0 Å². The first-order valence-corrected chi connectivity index (χ1v) is 4.01. The molecule has 1 aromatic rings. The molecule has 0 radical (unpaired) electrons. The van der Waals surface area contributed by atoms with E-state index in [1.807, 2.05) is 0 Å². The van der Waals surface area contributed by atoms with Crippen molar-refractivity contribution >= 4 is 6.08 Å². The van der Waals surface area contributed by atoms with Gasteiger partial charge in [-0.1, -0.05) is 43.0 Å². The summed E-state index contributed by atoms with van der Waals surface area (Å²) < 4.78 is 37.2. The van der Waals surface area contributed by atoms with E-state index in [0.717, 1.165) is 6.07 Å². The van der Waals surface area contributed by atoms with E-state index in [9.17, 15) is 13.2 Å². The second kappa shape index (κ2) is 4.13. The van der Waals surface area contributed by atoms with Crippen LogP contribution in [0.15, 0.2) is 43.0 Å². The highest BCUT2D eigenvalue weighted by molar-refractivity contribution is 5.55. The summed E-state index contributed by atoms with van der Waals surface area (Å²) in [4.78, 5) is 0. The van der Waals surface area contributed by atoms with Crippen molar-refractivity contribution in [2.45, 2.75) is 6.18 Å². The van der Waals surface area contributed by atoms with Gasteiger partial charge in [0.2, 0.25) is 0 Å². The van der Waals surface area contributed by atoms with Crippen LogP contribution < -0.4 is 0 Å². The third-order valence-corrected chi connectivity index (χ3v) is 1.68. The fraction of sp³-hybridized carbons (Fsp3) is 0.0909. The molecule has 0 N–H and O–H groups in total. The molecule has 0 aromatic heterocycles. The third-order valence-electron chi connectivity index (χ3n) is 1.68. The van der Waals surface area contributed by atoms with E-state index in [4.69, 9.17) is 0 Å². The van der Waals surface area contributed by atoms with Crippen molar-refractivity contribution in [3.8, 4) is 0 Å². The van der Waals surface area contributed by atoms with Crippen molar-refractivity contribution in [3.05, 3.63) is 54.1 Å². The van der Waals surface area contributed by atoms with Gasteiger partial charge in [-0.2, -0.15) is 13.2 Å². The summed E-state index contributed by atoms with van der Waals surface area (Å²) in [5, 5.41) is 0. The van der Waals surface area contributed by atoms with Crippen LogP contribution in [0, 0.1) is 0 Å². The fourth-order valence-electron chi connectivity index (χ4n) is 1.07. The van der Waals surface area contributed by atoms with Crippen LogP contribution in [0.5, 0.6) is 0 Å². The number of hydrogen-bond donors (Lipinski definition) is 0. The highest BCUT2D eigenvalue weighted by Crippen LogP contribution is 2.32. The maximum absolute atomic E-state index is 12.4. The highest BCUT2D eigenvalue weighted by Gasteiger charge is 2.32. The lowest BCUT2D eigenvalue weighted by Crippen LogP contribution is -2.06. The molecule has 3 heteroatoms. The molecule has 74 valence electrons. The molecule has 0 fully saturated rings. The molecule has 0 aliphatic carbocycles.